The zero-order chi connectivity index (χ0) is 27.5. The van der Waals surface area contributed by atoms with Gasteiger partial charge in [0.2, 0.25) is 5.91 Å². The number of likely N-dealkylation sites (tertiary alicyclic amines) is 1. The van der Waals surface area contributed by atoms with E-state index in [1.807, 2.05) is 0 Å². The van der Waals surface area contributed by atoms with E-state index in [4.69, 9.17) is 5.73 Å². The second kappa shape index (κ2) is 9.17. The van der Waals surface area contributed by atoms with E-state index in [1.54, 1.807) is 0 Å². The van der Waals surface area contributed by atoms with E-state index in [1.165, 1.54) is 24.0 Å². The molecule has 3 heterocycles. The largest absolute Gasteiger partial charge is 0.418 e. The number of aryl methyl sites for hydroxylation is 1. The zero-order valence-corrected chi connectivity index (χ0v) is 19.9. The highest BCUT2D eigenvalue weighted by Gasteiger charge is 2.43. The summed E-state index contributed by atoms with van der Waals surface area (Å²) >= 11 is 0. The van der Waals surface area contributed by atoms with E-state index in [9.17, 15) is 31.5 Å². The molecule has 1 aliphatic carbocycles. The minimum atomic E-state index is -4.85. The Bertz CT molecular complexity index is 1430. The molecule has 1 saturated carbocycles. The van der Waals surface area contributed by atoms with E-state index >= 15 is 4.39 Å². The number of nitrogens with one attached hydrogen (secondary N) is 1. The van der Waals surface area contributed by atoms with Crippen LogP contribution in [0.2, 0.25) is 0 Å². The van der Waals surface area contributed by atoms with E-state index in [0.717, 1.165) is 10.8 Å². The zero-order valence-electron chi connectivity index (χ0n) is 19.9. The number of hydrogen-bond donors (Lipinski definition) is 2. The summed E-state index contributed by atoms with van der Waals surface area (Å²) in [4.78, 5) is 30.3. The molecule has 5 rings (SSSR count). The van der Waals surface area contributed by atoms with Crippen LogP contribution >= 0.6 is 0 Å². The molecule has 202 valence electrons. The van der Waals surface area contributed by atoms with Crippen LogP contribution in [0.1, 0.15) is 34.3 Å². The first kappa shape index (κ1) is 25.8. The van der Waals surface area contributed by atoms with Crippen LogP contribution in [0.3, 0.4) is 0 Å². The second-order valence-corrected chi connectivity index (χ2v) is 9.57. The Morgan fingerprint density at radius 3 is 2.53 bits per heavy atom. The minimum Gasteiger partial charge on any atom is -0.382 e. The summed E-state index contributed by atoms with van der Waals surface area (Å²) in [6, 6.07) is 2.06. The summed E-state index contributed by atoms with van der Waals surface area (Å²) in [6.45, 7) is 0.949. The Hall–Kier alpha value is -3.84. The van der Waals surface area contributed by atoms with E-state index in [2.05, 4.69) is 15.4 Å². The third-order valence-electron chi connectivity index (χ3n) is 7.05. The summed E-state index contributed by atoms with van der Waals surface area (Å²) in [5.74, 6) is -3.54. The average molecular weight is 540 g/mol. The van der Waals surface area contributed by atoms with Gasteiger partial charge in [-0.1, -0.05) is 6.07 Å². The molecule has 0 unspecified atom stereocenters. The summed E-state index contributed by atoms with van der Waals surface area (Å²) in [6.07, 6.45) is -6.50. The number of fused-ring (bicyclic) bond motifs is 1. The van der Waals surface area contributed by atoms with Crippen molar-refractivity contribution in [2.24, 2.45) is 5.92 Å². The Labute approximate surface area is 211 Å². The number of hydrogen-bond acceptors (Lipinski definition) is 5. The molecule has 8 nitrogen and oxygen atoms in total. The highest BCUT2D eigenvalue weighted by molar-refractivity contribution is 5.98. The number of nitrogens with zero attached hydrogens (tertiary/aromatic N) is 4. The topological polar surface area (TPSA) is 106 Å². The first-order valence-corrected chi connectivity index (χ1v) is 11.7. The third-order valence-corrected chi connectivity index (χ3v) is 7.05. The maximum absolute atomic E-state index is 15.8. The molecule has 2 aliphatic rings. The number of rotatable bonds is 4. The molecule has 0 radical (unpaired) electrons. The lowest BCUT2D eigenvalue weighted by molar-refractivity contribution is -0.139. The highest BCUT2D eigenvalue weighted by atomic mass is 19.4. The first-order valence-electron chi connectivity index (χ1n) is 11.7. The Morgan fingerprint density at radius 1 is 1.16 bits per heavy atom. The molecule has 1 saturated heterocycles. The van der Waals surface area contributed by atoms with Crippen molar-refractivity contribution in [2.45, 2.75) is 44.3 Å². The van der Waals surface area contributed by atoms with Gasteiger partial charge in [0.15, 0.2) is 5.82 Å². The van der Waals surface area contributed by atoms with Crippen LogP contribution in [-0.4, -0.2) is 62.8 Å². The number of anilines is 1. The van der Waals surface area contributed by atoms with Crippen molar-refractivity contribution in [1.82, 2.24) is 24.8 Å². The van der Waals surface area contributed by atoms with Gasteiger partial charge >= 0.3 is 6.18 Å². The number of amides is 2. The molecule has 2 amide bonds. The van der Waals surface area contributed by atoms with Gasteiger partial charge < -0.3 is 16.0 Å². The van der Waals surface area contributed by atoms with Gasteiger partial charge in [0.25, 0.3) is 5.91 Å². The van der Waals surface area contributed by atoms with Crippen LogP contribution in [0.4, 0.5) is 32.2 Å². The monoisotopic (exact) mass is 540 g/mol. The summed E-state index contributed by atoms with van der Waals surface area (Å²) < 4.78 is 85.4. The van der Waals surface area contributed by atoms with Gasteiger partial charge in [-0.3, -0.25) is 9.59 Å². The lowest BCUT2D eigenvalue weighted by atomic mass is 9.82. The smallest absolute Gasteiger partial charge is 0.382 e. The fourth-order valence-corrected chi connectivity index (χ4v) is 4.95. The van der Waals surface area contributed by atoms with Crippen molar-refractivity contribution in [3.05, 3.63) is 47.0 Å². The van der Waals surface area contributed by atoms with Crippen LogP contribution in [0, 0.1) is 18.7 Å². The Morgan fingerprint density at radius 2 is 1.87 bits per heavy atom. The number of benzene rings is 1. The van der Waals surface area contributed by atoms with Crippen molar-refractivity contribution in [3.8, 4) is 11.3 Å². The van der Waals surface area contributed by atoms with Crippen molar-refractivity contribution < 1.29 is 35.9 Å². The summed E-state index contributed by atoms with van der Waals surface area (Å²) in [5, 5.41) is 6.18. The van der Waals surface area contributed by atoms with Crippen molar-refractivity contribution in [3.63, 3.8) is 0 Å². The number of alkyl halides is 5. The van der Waals surface area contributed by atoms with Crippen LogP contribution in [0.25, 0.3) is 16.8 Å². The van der Waals surface area contributed by atoms with Crippen LogP contribution in [-0.2, 0) is 11.0 Å². The van der Waals surface area contributed by atoms with Gasteiger partial charge in [-0.15, -0.1) is 0 Å². The molecule has 3 aromatic rings. The first-order chi connectivity index (χ1) is 17.9. The molecular formula is C24H22F6N6O2. The number of nitrogens with two attached hydrogens (primary N) is 1. The number of aromatic nitrogens is 3. The Kier molecular flexibility index (Phi) is 6.22. The summed E-state index contributed by atoms with van der Waals surface area (Å²) in [5.41, 5.74) is 2.87. The molecule has 1 aliphatic heterocycles. The normalized spacial score (nSPS) is 23.5. The molecular weight excluding hydrogens is 518 g/mol. The third kappa shape index (κ3) is 4.31. The minimum absolute atomic E-state index is 0.0710. The average Bonchev–Trinajstić information content (AvgIpc) is 3.38. The van der Waals surface area contributed by atoms with Crippen LogP contribution in [0.5, 0.6) is 0 Å². The van der Waals surface area contributed by atoms with Crippen molar-refractivity contribution >= 4 is 23.1 Å². The second-order valence-electron chi connectivity index (χ2n) is 9.57. The van der Waals surface area contributed by atoms with E-state index in [0.29, 0.717) is 6.07 Å². The van der Waals surface area contributed by atoms with Crippen molar-refractivity contribution in [1.29, 1.82) is 0 Å². The molecule has 3 N–H and O–H groups in total. The predicted molar refractivity (Wildman–Crippen MR) is 123 cm³/mol. The molecule has 2 atom stereocenters. The SMILES string of the molecule is Cc1ccc(-c2cc(C(F)(F)F)c3c(N)ncnn23)c(F)c1C(=O)N[C@@H]1CN(C(=O)C2CC(F)C2)C[C@@H]1F. The summed E-state index contributed by atoms with van der Waals surface area (Å²) in [7, 11) is 0. The van der Waals surface area contributed by atoms with E-state index in [-0.39, 0.29) is 42.8 Å². The van der Waals surface area contributed by atoms with Gasteiger partial charge in [0.05, 0.1) is 29.4 Å². The lowest BCUT2D eigenvalue weighted by Gasteiger charge is -2.31. The molecule has 2 fully saturated rings. The van der Waals surface area contributed by atoms with Crippen LogP contribution in [0.15, 0.2) is 24.5 Å². The number of carbonyl (C=O) groups is 2. The molecule has 0 spiro atoms. The number of nitrogen functional groups attached to an aromatic ring is 1. The van der Waals surface area contributed by atoms with Gasteiger partial charge in [-0.25, -0.2) is 22.7 Å². The van der Waals surface area contributed by atoms with E-state index < -0.39 is 70.6 Å². The number of carbonyl (C=O) groups excluding carboxylic acids is 2. The van der Waals surface area contributed by atoms with Gasteiger partial charge in [-0.05, 0) is 37.5 Å². The standard InChI is InChI=1S/C24H22F6N6O2/c1-10-2-3-13(17-6-14(24(28,29)30)20-21(31)32-9-33-36(17)20)19(27)18(10)22(37)34-16-8-35(7-15(16)26)23(38)11-4-12(25)5-11/h2-3,6,9,11-12,15-16H,4-5,7-8H2,1H3,(H,34,37)(H2,31,32,33)/t11?,12?,15-,16+/m0/s1. The lowest BCUT2D eigenvalue weighted by Crippen LogP contribution is -2.44. The van der Waals surface area contributed by atoms with Gasteiger partial charge in [-0.2, -0.15) is 18.3 Å². The highest BCUT2D eigenvalue weighted by Crippen LogP contribution is 2.40. The number of halogens is 6. The fraction of sp³-hybridized carbons (Fsp3) is 0.417. The maximum atomic E-state index is 15.8. The quantitative estimate of drug-likeness (QED) is 0.493. The predicted octanol–water partition coefficient (Wildman–Crippen LogP) is 3.47. The molecule has 38 heavy (non-hydrogen) atoms. The van der Waals surface area contributed by atoms with Crippen LogP contribution < -0.4 is 11.1 Å². The van der Waals surface area contributed by atoms with Gasteiger partial charge in [0, 0.05) is 18.0 Å². The molecule has 1 aromatic carbocycles. The van der Waals surface area contributed by atoms with Gasteiger partial charge in [0.1, 0.15) is 30.0 Å². The fourth-order valence-electron chi connectivity index (χ4n) is 4.95. The maximum Gasteiger partial charge on any atom is 0.418 e. The molecule has 0 bridgehead atoms. The molecule has 2 aromatic heterocycles. The van der Waals surface area contributed by atoms with Crippen molar-refractivity contribution in [2.75, 3.05) is 18.8 Å². The Balaban J connectivity index is 1.45. The molecule has 14 heteroatoms.